The molecule has 0 spiro atoms. The minimum atomic E-state index is -2.93. The lowest BCUT2D eigenvalue weighted by Gasteiger charge is -2.31. The van der Waals surface area contributed by atoms with E-state index in [9.17, 15) is 8.42 Å². The maximum atomic E-state index is 11.9. The smallest absolute Gasteiger partial charge is 0.153 e. The summed E-state index contributed by atoms with van der Waals surface area (Å²) in [5.74, 6) is 0.483. The van der Waals surface area contributed by atoms with E-state index >= 15 is 0 Å². The lowest BCUT2D eigenvalue weighted by atomic mass is 10.0. The summed E-state index contributed by atoms with van der Waals surface area (Å²) in [4.78, 5) is 0. The Kier molecular flexibility index (Phi) is 3.78. The second-order valence-corrected chi connectivity index (χ2v) is 7.40. The molecular weight excluding hydrogens is 246 g/mol. The highest BCUT2D eigenvalue weighted by molar-refractivity contribution is 7.91. The molecule has 4 heteroatoms. The Labute approximate surface area is 110 Å². The molecule has 0 aromatic heterocycles. The Morgan fingerprint density at radius 1 is 1.22 bits per heavy atom. The second-order valence-electron chi connectivity index (χ2n) is 5.25. The van der Waals surface area contributed by atoms with E-state index in [4.69, 9.17) is 0 Å². The number of benzene rings is 1. The van der Waals surface area contributed by atoms with Crippen molar-refractivity contribution in [1.29, 1.82) is 0 Å². The van der Waals surface area contributed by atoms with Crippen molar-refractivity contribution in [3.8, 4) is 0 Å². The molecule has 0 amide bonds. The molecule has 1 saturated heterocycles. The maximum Gasteiger partial charge on any atom is 0.153 e. The molecule has 0 saturated carbocycles. The summed E-state index contributed by atoms with van der Waals surface area (Å²) in [5, 5.41) is 3.44. The molecule has 3 nitrogen and oxygen atoms in total. The first kappa shape index (κ1) is 13.6. The van der Waals surface area contributed by atoms with Crippen molar-refractivity contribution in [3.63, 3.8) is 0 Å². The molecule has 2 rings (SSSR count). The molecule has 0 aliphatic carbocycles. The molecule has 1 aliphatic rings. The third-order valence-corrected chi connectivity index (χ3v) is 5.49. The third-order valence-electron chi connectivity index (χ3n) is 3.74. The zero-order chi connectivity index (χ0) is 13.3. The normalized spacial score (nSPS) is 27.1. The minimum Gasteiger partial charge on any atom is -0.305 e. The van der Waals surface area contributed by atoms with Crippen molar-refractivity contribution in [2.45, 2.75) is 39.3 Å². The van der Waals surface area contributed by atoms with Crippen LogP contribution < -0.4 is 5.32 Å². The van der Waals surface area contributed by atoms with Crippen molar-refractivity contribution >= 4 is 9.84 Å². The molecule has 2 unspecified atom stereocenters. The SMILES string of the molecule is CCC1CS(=O)(=O)CC(c2ccc(C)c(C)c2)N1. The lowest BCUT2D eigenvalue weighted by Crippen LogP contribution is -2.46. The van der Waals surface area contributed by atoms with Gasteiger partial charge in [-0.25, -0.2) is 8.42 Å². The van der Waals surface area contributed by atoms with Crippen molar-refractivity contribution in [1.82, 2.24) is 5.32 Å². The van der Waals surface area contributed by atoms with Crippen molar-refractivity contribution < 1.29 is 8.42 Å². The van der Waals surface area contributed by atoms with Crippen LogP contribution >= 0.6 is 0 Å². The van der Waals surface area contributed by atoms with Gasteiger partial charge in [-0.15, -0.1) is 0 Å². The molecule has 2 atom stereocenters. The monoisotopic (exact) mass is 267 g/mol. The van der Waals surface area contributed by atoms with Crippen molar-refractivity contribution in [2.75, 3.05) is 11.5 Å². The Hall–Kier alpha value is -0.870. The van der Waals surface area contributed by atoms with Crippen LogP contribution in [0.1, 0.15) is 36.1 Å². The van der Waals surface area contributed by atoms with Crippen LogP contribution in [-0.4, -0.2) is 26.0 Å². The number of hydrogen-bond donors (Lipinski definition) is 1. The van der Waals surface area contributed by atoms with E-state index in [0.717, 1.165) is 12.0 Å². The zero-order valence-corrected chi connectivity index (χ0v) is 12.0. The highest BCUT2D eigenvalue weighted by atomic mass is 32.2. The highest BCUT2D eigenvalue weighted by Gasteiger charge is 2.31. The second kappa shape index (κ2) is 5.02. The van der Waals surface area contributed by atoms with Crippen LogP contribution in [0.2, 0.25) is 0 Å². The molecule has 0 radical (unpaired) electrons. The molecule has 1 aromatic rings. The molecule has 1 aliphatic heterocycles. The average molecular weight is 267 g/mol. The van der Waals surface area contributed by atoms with Crippen LogP contribution in [0.3, 0.4) is 0 Å². The van der Waals surface area contributed by atoms with Gasteiger partial charge in [-0.1, -0.05) is 25.1 Å². The minimum absolute atomic E-state index is 0.0620. The largest absolute Gasteiger partial charge is 0.305 e. The summed E-state index contributed by atoms with van der Waals surface area (Å²) in [6.07, 6.45) is 0.848. The molecule has 1 N–H and O–H groups in total. The maximum absolute atomic E-state index is 11.9. The van der Waals surface area contributed by atoms with Gasteiger partial charge in [0.15, 0.2) is 9.84 Å². The first-order chi connectivity index (χ1) is 8.41. The predicted molar refractivity (Wildman–Crippen MR) is 74.5 cm³/mol. The van der Waals surface area contributed by atoms with E-state index in [2.05, 4.69) is 31.3 Å². The molecular formula is C14H21NO2S. The molecule has 1 aromatic carbocycles. The fourth-order valence-electron chi connectivity index (χ4n) is 2.42. The Bertz CT molecular complexity index is 537. The number of sulfone groups is 1. The van der Waals surface area contributed by atoms with Gasteiger partial charge in [-0.05, 0) is 37.0 Å². The lowest BCUT2D eigenvalue weighted by molar-refractivity contribution is 0.440. The van der Waals surface area contributed by atoms with Crippen molar-refractivity contribution in [3.05, 3.63) is 34.9 Å². The average Bonchev–Trinajstić information content (AvgIpc) is 2.30. The number of rotatable bonds is 2. The molecule has 1 heterocycles. The van der Waals surface area contributed by atoms with Gasteiger partial charge in [0.1, 0.15) is 0 Å². The van der Waals surface area contributed by atoms with Gasteiger partial charge in [0.25, 0.3) is 0 Å². The zero-order valence-electron chi connectivity index (χ0n) is 11.2. The number of aryl methyl sites for hydroxylation is 2. The Balaban J connectivity index is 2.29. The quantitative estimate of drug-likeness (QED) is 0.893. The summed E-state index contributed by atoms with van der Waals surface area (Å²) in [6.45, 7) is 6.16. The van der Waals surface area contributed by atoms with E-state index < -0.39 is 9.84 Å². The summed E-state index contributed by atoms with van der Waals surface area (Å²) in [5.41, 5.74) is 3.54. The van der Waals surface area contributed by atoms with Gasteiger partial charge >= 0.3 is 0 Å². The van der Waals surface area contributed by atoms with Crippen LogP contribution in [0.5, 0.6) is 0 Å². The fraction of sp³-hybridized carbons (Fsp3) is 0.571. The molecule has 0 bridgehead atoms. The van der Waals surface area contributed by atoms with Crippen LogP contribution in [0.4, 0.5) is 0 Å². The Morgan fingerprint density at radius 2 is 1.94 bits per heavy atom. The van der Waals surface area contributed by atoms with Crippen LogP contribution in [0.25, 0.3) is 0 Å². The van der Waals surface area contributed by atoms with Crippen LogP contribution in [0, 0.1) is 13.8 Å². The number of hydrogen-bond acceptors (Lipinski definition) is 3. The first-order valence-corrected chi connectivity index (χ1v) is 8.27. The first-order valence-electron chi connectivity index (χ1n) is 6.45. The topological polar surface area (TPSA) is 46.2 Å². The van der Waals surface area contributed by atoms with E-state index in [1.54, 1.807) is 0 Å². The fourth-order valence-corrected chi connectivity index (χ4v) is 4.30. The molecule has 1 fully saturated rings. The van der Waals surface area contributed by atoms with Gasteiger partial charge in [0, 0.05) is 12.1 Å². The summed E-state index contributed by atoms with van der Waals surface area (Å²) in [7, 11) is -2.93. The van der Waals surface area contributed by atoms with Crippen molar-refractivity contribution in [2.24, 2.45) is 0 Å². The van der Waals surface area contributed by atoms with Crippen LogP contribution in [-0.2, 0) is 9.84 Å². The number of nitrogens with one attached hydrogen (secondary N) is 1. The highest BCUT2D eigenvalue weighted by Crippen LogP contribution is 2.23. The molecule has 18 heavy (non-hydrogen) atoms. The molecule has 100 valence electrons. The van der Waals surface area contributed by atoms with Crippen LogP contribution in [0.15, 0.2) is 18.2 Å². The summed E-state index contributed by atoms with van der Waals surface area (Å²) >= 11 is 0. The summed E-state index contributed by atoms with van der Waals surface area (Å²) in [6, 6.07) is 6.21. The van der Waals surface area contributed by atoms with Gasteiger partial charge in [0.05, 0.1) is 11.5 Å². The Morgan fingerprint density at radius 3 is 2.56 bits per heavy atom. The standard InChI is InChI=1S/C14H21NO2S/c1-4-13-8-18(16,17)9-14(15-13)12-6-5-10(2)11(3)7-12/h5-7,13-15H,4,8-9H2,1-3H3. The van der Waals surface area contributed by atoms with Gasteiger partial charge in [0.2, 0.25) is 0 Å². The van der Waals surface area contributed by atoms with Gasteiger partial charge in [-0.3, -0.25) is 0 Å². The van der Waals surface area contributed by atoms with Gasteiger partial charge in [-0.2, -0.15) is 0 Å². The van der Waals surface area contributed by atoms with E-state index in [0.29, 0.717) is 0 Å². The predicted octanol–water partition coefficient (Wildman–Crippen LogP) is 2.14. The van der Waals surface area contributed by atoms with E-state index in [1.165, 1.54) is 11.1 Å². The van der Waals surface area contributed by atoms with E-state index in [1.807, 2.05) is 13.0 Å². The van der Waals surface area contributed by atoms with Gasteiger partial charge < -0.3 is 5.32 Å². The van der Waals surface area contributed by atoms with E-state index in [-0.39, 0.29) is 23.6 Å². The third kappa shape index (κ3) is 2.93. The summed E-state index contributed by atoms with van der Waals surface area (Å²) < 4.78 is 23.8.